The zero-order valence-corrected chi connectivity index (χ0v) is 19.6. The summed E-state index contributed by atoms with van der Waals surface area (Å²) in [5, 5.41) is 6.32. The molecule has 1 heterocycles. The Morgan fingerprint density at radius 1 is 1.03 bits per heavy atom. The van der Waals surface area contributed by atoms with Gasteiger partial charge < -0.3 is 10.1 Å². The molecule has 0 spiro atoms. The molecule has 5 nitrogen and oxygen atoms in total. The van der Waals surface area contributed by atoms with Crippen LogP contribution in [-0.4, -0.2) is 23.5 Å². The average molecular weight is 459 g/mol. The average Bonchev–Trinajstić information content (AvgIpc) is 3.16. The molecule has 0 aliphatic rings. The van der Waals surface area contributed by atoms with E-state index in [0.717, 1.165) is 28.4 Å². The quantitative estimate of drug-likeness (QED) is 0.332. The maximum Gasteiger partial charge on any atom is 0.338 e. The van der Waals surface area contributed by atoms with Gasteiger partial charge in [-0.1, -0.05) is 55.5 Å². The van der Waals surface area contributed by atoms with Crippen LogP contribution >= 0.6 is 11.3 Å². The minimum Gasteiger partial charge on any atom is -0.462 e. The van der Waals surface area contributed by atoms with Crippen molar-refractivity contribution in [2.24, 2.45) is 0 Å². The first kappa shape index (κ1) is 22.7. The summed E-state index contributed by atoms with van der Waals surface area (Å²) in [6, 6.07) is 21.5. The molecule has 0 aliphatic carbocycles. The number of amides is 1. The van der Waals surface area contributed by atoms with Crippen molar-refractivity contribution in [2.75, 3.05) is 11.9 Å². The Morgan fingerprint density at radius 3 is 2.67 bits per heavy atom. The summed E-state index contributed by atoms with van der Waals surface area (Å²) < 4.78 is 5.17. The lowest BCUT2D eigenvalue weighted by Crippen LogP contribution is -2.15. The topological polar surface area (TPSA) is 68.3 Å². The molecule has 0 unspecified atom stereocenters. The molecule has 4 aromatic rings. The van der Waals surface area contributed by atoms with Crippen LogP contribution in [0.5, 0.6) is 0 Å². The molecule has 0 aliphatic heterocycles. The van der Waals surface area contributed by atoms with Crippen LogP contribution in [0.25, 0.3) is 10.8 Å². The first-order valence-corrected chi connectivity index (χ1v) is 11.8. The zero-order chi connectivity index (χ0) is 23.2. The van der Waals surface area contributed by atoms with E-state index in [4.69, 9.17) is 9.72 Å². The molecule has 0 saturated carbocycles. The lowest BCUT2D eigenvalue weighted by molar-refractivity contribution is -0.115. The Morgan fingerprint density at radius 2 is 1.82 bits per heavy atom. The number of fused-ring (bicyclic) bond motifs is 1. The standard InChI is InChI=1S/C27H26N2O3S/c1-3-14-32-27(31)21-11-7-12-22(15-21)29-25(30)17-24-18(2)28-26(33-24)16-20-10-6-9-19-8-4-5-13-23(19)20/h4-13,15H,3,14,16-17H2,1-2H3,(H,29,30). The van der Waals surface area contributed by atoms with Crippen LogP contribution in [0.4, 0.5) is 5.69 Å². The fraction of sp³-hybridized carbons (Fsp3) is 0.222. The number of carbonyl (C=O) groups is 2. The lowest BCUT2D eigenvalue weighted by atomic mass is 10.0. The highest BCUT2D eigenvalue weighted by molar-refractivity contribution is 7.11. The van der Waals surface area contributed by atoms with Gasteiger partial charge in [0.05, 0.1) is 29.3 Å². The van der Waals surface area contributed by atoms with Crippen LogP contribution in [0, 0.1) is 6.92 Å². The lowest BCUT2D eigenvalue weighted by Gasteiger charge is -2.07. The highest BCUT2D eigenvalue weighted by Gasteiger charge is 2.14. The fourth-order valence-electron chi connectivity index (χ4n) is 3.69. The van der Waals surface area contributed by atoms with Crippen LogP contribution in [0.15, 0.2) is 66.7 Å². The minimum atomic E-state index is -0.385. The first-order chi connectivity index (χ1) is 16.0. The first-order valence-electron chi connectivity index (χ1n) is 11.0. The maximum atomic E-state index is 12.7. The third-order valence-corrected chi connectivity index (χ3v) is 6.46. The van der Waals surface area contributed by atoms with Crippen LogP contribution in [-0.2, 0) is 22.4 Å². The number of esters is 1. The molecule has 33 heavy (non-hydrogen) atoms. The molecule has 1 amide bonds. The Hall–Kier alpha value is -3.51. The van der Waals surface area contributed by atoms with Gasteiger partial charge >= 0.3 is 5.97 Å². The predicted octanol–water partition coefficient (Wildman–Crippen LogP) is 5.94. The van der Waals surface area contributed by atoms with Crippen LogP contribution in [0.1, 0.15) is 44.8 Å². The normalized spacial score (nSPS) is 10.8. The largest absolute Gasteiger partial charge is 0.462 e. The van der Waals surface area contributed by atoms with E-state index in [9.17, 15) is 9.59 Å². The van der Waals surface area contributed by atoms with E-state index in [1.165, 1.54) is 16.3 Å². The van der Waals surface area contributed by atoms with Crippen molar-refractivity contribution in [3.63, 3.8) is 0 Å². The van der Waals surface area contributed by atoms with Gasteiger partial charge in [0.1, 0.15) is 0 Å². The number of ether oxygens (including phenoxy) is 1. The van der Waals surface area contributed by atoms with Gasteiger partial charge in [0.2, 0.25) is 5.91 Å². The maximum absolute atomic E-state index is 12.7. The molecule has 1 N–H and O–H groups in total. The van der Waals surface area contributed by atoms with Gasteiger partial charge in [0.25, 0.3) is 0 Å². The smallest absolute Gasteiger partial charge is 0.338 e. The number of rotatable bonds is 8. The summed E-state index contributed by atoms with van der Waals surface area (Å²) in [5.74, 6) is -0.526. The second kappa shape index (κ2) is 10.4. The third-order valence-electron chi connectivity index (χ3n) is 5.30. The highest BCUT2D eigenvalue weighted by Crippen LogP contribution is 2.26. The van der Waals surface area contributed by atoms with E-state index in [1.54, 1.807) is 35.6 Å². The second-order valence-electron chi connectivity index (χ2n) is 7.87. The van der Waals surface area contributed by atoms with Crippen molar-refractivity contribution in [2.45, 2.75) is 33.1 Å². The van der Waals surface area contributed by atoms with E-state index in [0.29, 0.717) is 17.9 Å². The second-order valence-corrected chi connectivity index (χ2v) is 9.04. The molecular formula is C27H26N2O3S. The number of aryl methyl sites for hydroxylation is 1. The summed E-state index contributed by atoms with van der Waals surface area (Å²) in [6.07, 6.45) is 1.73. The van der Waals surface area contributed by atoms with Crippen molar-refractivity contribution < 1.29 is 14.3 Å². The van der Waals surface area contributed by atoms with Gasteiger partial charge in [-0.2, -0.15) is 0 Å². The highest BCUT2D eigenvalue weighted by atomic mass is 32.1. The molecule has 168 valence electrons. The molecular weight excluding hydrogens is 432 g/mol. The number of thiazole rings is 1. The molecule has 0 radical (unpaired) electrons. The summed E-state index contributed by atoms with van der Waals surface area (Å²) >= 11 is 1.57. The van der Waals surface area contributed by atoms with Crippen molar-refractivity contribution in [1.29, 1.82) is 0 Å². The number of hydrogen-bond donors (Lipinski definition) is 1. The van der Waals surface area contributed by atoms with Crippen LogP contribution in [0.3, 0.4) is 0 Å². The molecule has 6 heteroatoms. The van der Waals surface area contributed by atoms with E-state index < -0.39 is 0 Å². The molecule has 3 aromatic carbocycles. The van der Waals surface area contributed by atoms with Gasteiger partial charge in [0.15, 0.2) is 0 Å². The van der Waals surface area contributed by atoms with Gasteiger partial charge in [-0.05, 0) is 47.9 Å². The van der Waals surface area contributed by atoms with E-state index >= 15 is 0 Å². The van der Waals surface area contributed by atoms with Crippen LogP contribution < -0.4 is 5.32 Å². The summed E-state index contributed by atoms with van der Waals surface area (Å²) in [4.78, 5) is 30.4. The Bertz CT molecular complexity index is 1290. The minimum absolute atomic E-state index is 0.141. The fourth-order valence-corrected chi connectivity index (χ4v) is 4.78. The van der Waals surface area contributed by atoms with Gasteiger partial charge in [0, 0.05) is 17.0 Å². The Labute approximate surface area is 197 Å². The van der Waals surface area contributed by atoms with Gasteiger partial charge in [-0.3, -0.25) is 4.79 Å². The number of hydrogen-bond acceptors (Lipinski definition) is 5. The molecule has 4 rings (SSSR count). The van der Waals surface area contributed by atoms with Gasteiger partial charge in [-0.25, -0.2) is 9.78 Å². The Balaban J connectivity index is 1.43. The van der Waals surface area contributed by atoms with E-state index in [1.807, 2.05) is 26.0 Å². The molecule has 1 aromatic heterocycles. The summed E-state index contributed by atoms with van der Waals surface area (Å²) in [7, 11) is 0. The Kier molecular flexibility index (Phi) is 7.15. The zero-order valence-electron chi connectivity index (χ0n) is 18.8. The van der Waals surface area contributed by atoms with Crippen molar-refractivity contribution in [1.82, 2.24) is 4.98 Å². The van der Waals surface area contributed by atoms with Gasteiger partial charge in [-0.15, -0.1) is 11.3 Å². The number of benzene rings is 3. The molecule has 0 fully saturated rings. The number of aromatic nitrogens is 1. The molecule has 0 saturated heterocycles. The van der Waals surface area contributed by atoms with Crippen molar-refractivity contribution in [3.8, 4) is 0 Å². The van der Waals surface area contributed by atoms with Crippen LogP contribution in [0.2, 0.25) is 0 Å². The summed E-state index contributed by atoms with van der Waals surface area (Å²) in [6.45, 7) is 4.26. The summed E-state index contributed by atoms with van der Waals surface area (Å²) in [5.41, 5.74) is 3.10. The third kappa shape index (κ3) is 5.65. The van der Waals surface area contributed by atoms with Crippen molar-refractivity contribution >= 4 is 39.7 Å². The SMILES string of the molecule is CCCOC(=O)c1cccc(NC(=O)Cc2sc(Cc3cccc4ccccc34)nc2C)c1. The molecule has 0 bridgehead atoms. The monoisotopic (exact) mass is 458 g/mol. The van der Waals surface area contributed by atoms with E-state index in [2.05, 4.69) is 35.6 Å². The van der Waals surface area contributed by atoms with E-state index in [-0.39, 0.29) is 18.3 Å². The molecule has 0 atom stereocenters. The predicted molar refractivity (Wildman–Crippen MR) is 133 cm³/mol. The number of anilines is 1. The number of nitrogens with one attached hydrogen (secondary N) is 1. The number of nitrogens with zero attached hydrogens (tertiary/aromatic N) is 1. The number of carbonyl (C=O) groups excluding carboxylic acids is 2. The van der Waals surface area contributed by atoms with Crippen molar-refractivity contribution in [3.05, 3.63) is 93.4 Å².